The van der Waals surface area contributed by atoms with Gasteiger partial charge in [-0.05, 0) is 56.9 Å². The smallest absolute Gasteiger partial charge is 0.253 e. The van der Waals surface area contributed by atoms with Gasteiger partial charge in [-0.25, -0.2) is 0 Å². The maximum atomic E-state index is 12.0. The van der Waals surface area contributed by atoms with Crippen LogP contribution in [0.4, 0.5) is 0 Å². The molecule has 8 atom stereocenters. The van der Waals surface area contributed by atoms with E-state index in [1.807, 2.05) is 34.6 Å². The van der Waals surface area contributed by atoms with Crippen molar-refractivity contribution in [2.24, 2.45) is 5.73 Å². The van der Waals surface area contributed by atoms with Gasteiger partial charge in [0.15, 0.2) is 23.1 Å². The highest BCUT2D eigenvalue weighted by atomic mass is 32.2. The molecule has 8 rings (SSSR count). The number of amides is 7. The minimum Gasteiger partial charge on any atom is -0.342 e. The summed E-state index contributed by atoms with van der Waals surface area (Å²) in [4.78, 5) is 144. The SMILES string of the molecule is CC(=O)C1=C(C)CSC2[C@H](N)C(=O)N12.CCC(=O)N[C@@H]1C(=O)N2C(C(C)=O)=C(C)CSC12.CCC(=O)N[C@@H]1C(=O)N2C(C(C)=O)=C(C)CSC12.CCC(=O)N[C@@H]1C(=O)N2C(C(C)=O)=C(C)CSC12.CCC(C)=O. The standard InChI is InChI=1S/3C12H16N2O3S.C9H12N2O2S.C4H8O/c3*1-4-8(16)13-9-11(17)14-10(7(3)15)6(2)5-18-12(9)14;1-4-3-14-9-6(10)8(13)11(9)7(4)5(2)12;1-3-4(2)5/h3*9,12H,4-5H2,1-3H3,(H,13,16);6,9H,3,10H2,1-2H3;3H2,1-2H3/t3*9-,12?;6-,9?;/m1111./s1. The Balaban J connectivity index is 0.000000205. The molecule has 4 fully saturated rings. The molecule has 0 aliphatic carbocycles. The Kier molecular flexibility index (Phi) is 21.5. The lowest BCUT2D eigenvalue weighted by molar-refractivity contribution is -0.147. The van der Waals surface area contributed by atoms with Gasteiger partial charge in [0, 0.05) is 76.4 Å². The minimum atomic E-state index is -0.482. The van der Waals surface area contributed by atoms with E-state index in [1.54, 1.807) is 74.7 Å². The number of thioether (sulfide) groups is 4. The summed E-state index contributed by atoms with van der Waals surface area (Å²) in [7, 11) is 0. The normalized spacial score (nSPS) is 26.2. The lowest BCUT2D eigenvalue weighted by atomic mass is 10.0. The summed E-state index contributed by atoms with van der Waals surface area (Å²) >= 11 is 6.38. The van der Waals surface area contributed by atoms with Gasteiger partial charge < -0.3 is 26.5 Å². The molecule has 4 unspecified atom stereocenters. The summed E-state index contributed by atoms with van der Waals surface area (Å²) in [5, 5.41) is 7.70. The van der Waals surface area contributed by atoms with Crippen LogP contribution in [0.15, 0.2) is 45.1 Å². The first-order valence-corrected chi connectivity index (χ1v) is 28.2. The fraction of sp³-hybridized carbons (Fsp3) is 0.592. The number of rotatable bonds is 11. The monoisotopic (exact) mass is 1090 g/mol. The molecule has 7 amide bonds. The Labute approximate surface area is 443 Å². The van der Waals surface area contributed by atoms with Crippen molar-refractivity contribution in [1.82, 2.24) is 35.6 Å². The molecule has 0 spiro atoms. The van der Waals surface area contributed by atoms with Crippen LogP contribution in [0.5, 0.6) is 0 Å². The molecule has 400 valence electrons. The first kappa shape index (κ1) is 60.5. The van der Waals surface area contributed by atoms with Gasteiger partial charge in [-0.1, -0.05) is 27.7 Å². The fourth-order valence-corrected chi connectivity index (χ4v) is 13.7. The predicted octanol–water partition coefficient (Wildman–Crippen LogP) is 3.06. The molecule has 0 radical (unpaired) electrons. The second-order valence-corrected chi connectivity index (χ2v) is 22.6. The molecule has 20 nitrogen and oxygen atoms in total. The summed E-state index contributed by atoms with van der Waals surface area (Å²) in [6, 6.07) is -1.87. The highest BCUT2D eigenvalue weighted by Gasteiger charge is 2.55. The molecule has 0 aromatic rings. The number of nitrogens with zero attached hydrogens (tertiary/aromatic N) is 4. The van der Waals surface area contributed by atoms with Crippen LogP contribution in [-0.4, -0.2) is 159 Å². The number of allylic oxidation sites excluding steroid dienone is 4. The second kappa shape index (κ2) is 25.9. The minimum absolute atomic E-state index is 0.0231. The highest BCUT2D eigenvalue weighted by molar-refractivity contribution is 8.01. The number of hydrogen-bond acceptors (Lipinski definition) is 17. The maximum absolute atomic E-state index is 12.0. The molecule has 0 saturated carbocycles. The van der Waals surface area contributed by atoms with Crippen molar-refractivity contribution >= 4 is 117 Å². The Hall–Kier alpha value is -5.04. The van der Waals surface area contributed by atoms with Gasteiger partial charge in [0.2, 0.25) is 23.6 Å². The molecule has 8 heterocycles. The van der Waals surface area contributed by atoms with Gasteiger partial charge >= 0.3 is 0 Å². The average Bonchev–Trinajstić information content (AvgIpc) is 3.35. The molecule has 5 N–H and O–H groups in total. The summed E-state index contributed by atoms with van der Waals surface area (Å²) < 4.78 is 0. The zero-order valence-electron chi connectivity index (χ0n) is 43.7. The molecule has 0 aromatic heterocycles. The quantitative estimate of drug-likeness (QED) is 0.216. The van der Waals surface area contributed by atoms with E-state index < -0.39 is 24.2 Å². The number of β-lactam (4-membered cyclic amide) rings is 4. The van der Waals surface area contributed by atoms with Crippen molar-refractivity contribution < 1.29 is 57.5 Å². The summed E-state index contributed by atoms with van der Waals surface area (Å²) in [6.07, 6.45) is 1.74. The summed E-state index contributed by atoms with van der Waals surface area (Å²) in [5.74, 6) is 1.81. The molecule has 8 aliphatic heterocycles. The number of carbonyl (C=O) groups is 12. The second-order valence-electron chi connectivity index (χ2n) is 18.2. The van der Waals surface area contributed by atoms with Crippen LogP contribution >= 0.6 is 47.0 Å². The number of nitrogens with one attached hydrogen (secondary N) is 3. The molecule has 8 aliphatic rings. The van der Waals surface area contributed by atoms with Crippen LogP contribution < -0.4 is 21.7 Å². The number of fused-ring (bicyclic) bond motifs is 4. The molecule has 4 saturated heterocycles. The molecule has 73 heavy (non-hydrogen) atoms. The Morgan fingerprint density at radius 1 is 0.425 bits per heavy atom. The number of carbonyl (C=O) groups excluding carboxylic acids is 12. The van der Waals surface area contributed by atoms with E-state index in [2.05, 4.69) is 16.0 Å². The van der Waals surface area contributed by atoms with E-state index in [4.69, 9.17) is 5.73 Å². The maximum Gasteiger partial charge on any atom is 0.253 e. The first-order chi connectivity index (χ1) is 34.2. The van der Waals surface area contributed by atoms with Crippen LogP contribution in [0, 0.1) is 0 Å². The van der Waals surface area contributed by atoms with E-state index >= 15 is 0 Å². The molecule has 0 bridgehead atoms. The average molecular weight is 1090 g/mol. The third-order valence-electron chi connectivity index (χ3n) is 12.4. The van der Waals surface area contributed by atoms with Crippen molar-refractivity contribution in [1.29, 1.82) is 0 Å². The number of nitrogens with two attached hydrogens (primary N) is 1. The lowest BCUT2D eigenvalue weighted by Gasteiger charge is -2.49. The van der Waals surface area contributed by atoms with Gasteiger partial charge in [0.25, 0.3) is 17.7 Å². The highest BCUT2D eigenvalue weighted by Crippen LogP contribution is 2.43. The van der Waals surface area contributed by atoms with E-state index in [0.717, 1.165) is 45.3 Å². The van der Waals surface area contributed by atoms with E-state index in [-0.39, 0.29) is 91.8 Å². The van der Waals surface area contributed by atoms with Gasteiger partial charge in [-0.2, -0.15) is 0 Å². The zero-order valence-corrected chi connectivity index (χ0v) is 46.9. The molecule has 24 heteroatoms. The van der Waals surface area contributed by atoms with E-state index in [1.165, 1.54) is 47.3 Å². The van der Waals surface area contributed by atoms with E-state index in [9.17, 15) is 57.5 Å². The third kappa shape index (κ3) is 13.1. The predicted molar refractivity (Wildman–Crippen MR) is 282 cm³/mol. The topological polar surface area (TPSA) is 280 Å². The van der Waals surface area contributed by atoms with Crippen LogP contribution in [0.1, 0.15) is 116 Å². The molecular formula is C49H68N8O12S4. The summed E-state index contributed by atoms with van der Waals surface area (Å²) in [5.41, 5.74) is 11.5. The van der Waals surface area contributed by atoms with Crippen LogP contribution in [-0.2, 0) is 57.5 Å². The van der Waals surface area contributed by atoms with Crippen molar-refractivity contribution in [2.45, 2.75) is 161 Å². The van der Waals surface area contributed by atoms with Gasteiger partial charge in [-0.15, -0.1) is 47.0 Å². The largest absolute Gasteiger partial charge is 0.342 e. The molecular weight excluding hydrogens is 1020 g/mol. The number of hydrogen-bond donors (Lipinski definition) is 4. The van der Waals surface area contributed by atoms with Crippen LogP contribution in [0.2, 0.25) is 0 Å². The Morgan fingerprint density at radius 2 is 0.644 bits per heavy atom. The van der Waals surface area contributed by atoms with E-state index in [0.29, 0.717) is 48.5 Å². The third-order valence-corrected chi connectivity index (χ3v) is 18.1. The number of ketones is 5. The molecule has 0 aromatic carbocycles. The first-order valence-electron chi connectivity index (χ1n) is 24.0. The number of Topliss-reactive ketones (excluding diaryl/α,β-unsaturated/α-hetero) is 5. The van der Waals surface area contributed by atoms with Crippen LogP contribution in [0.3, 0.4) is 0 Å². The Morgan fingerprint density at radius 3 is 0.849 bits per heavy atom. The summed E-state index contributed by atoms with van der Waals surface area (Å²) in [6.45, 7) is 22.1. The van der Waals surface area contributed by atoms with Gasteiger partial charge in [0.1, 0.15) is 51.4 Å². The van der Waals surface area contributed by atoms with Crippen LogP contribution in [0.25, 0.3) is 0 Å². The van der Waals surface area contributed by atoms with Gasteiger partial charge in [0.05, 0.1) is 22.8 Å². The van der Waals surface area contributed by atoms with Crippen molar-refractivity contribution in [3.63, 3.8) is 0 Å². The van der Waals surface area contributed by atoms with Crippen molar-refractivity contribution in [3.8, 4) is 0 Å². The van der Waals surface area contributed by atoms with Crippen molar-refractivity contribution in [2.75, 3.05) is 23.0 Å². The lowest BCUT2D eigenvalue weighted by Crippen LogP contribution is -2.70. The fourth-order valence-electron chi connectivity index (χ4n) is 8.56. The zero-order chi connectivity index (χ0) is 55.1. The van der Waals surface area contributed by atoms with Crippen molar-refractivity contribution in [3.05, 3.63) is 45.1 Å². The Bertz CT molecular complexity index is 2290. The van der Waals surface area contributed by atoms with Gasteiger partial charge in [-0.3, -0.25) is 72.3 Å².